The van der Waals surface area contributed by atoms with E-state index < -0.39 is 27.8 Å². The van der Waals surface area contributed by atoms with Gasteiger partial charge in [-0.25, -0.2) is 12.8 Å². The van der Waals surface area contributed by atoms with Crippen molar-refractivity contribution in [2.24, 2.45) is 0 Å². The van der Waals surface area contributed by atoms with Crippen molar-refractivity contribution in [1.29, 1.82) is 0 Å². The lowest BCUT2D eigenvalue weighted by Gasteiger charge is -2.28. The van der Waals surface area contributed by atoms with Crippen LogP contribution < -0.4 is 9.62 Å². The molecular formula is C22H28FN3O3S. The summed E-state index contributed by atoms with van der Waals surface area (Å²) in [4.78, 5) is 15.2. The van der Waals surface area contributed by atoms with Gasteiger partial charge in [-0.2, -0.15) is 0 Å². The molecule has 0 aromatic heterocycles. The van der Waals surface area contributed by atoms with Crippen LogP contribution in [0.15, 0.2) is 48.5 Å². The molecule has 6 nitrogen and oxygen atoms in total. The number of anilines is 1. The summed E-state index contributed by atoms with van der Waals surface area (Å²) in [7, 11) is -3.74. The average Bonchev–Trinajstić information content (AvgIpc) is 3.21. The number of likely N-dealkylation sites (tertiary alicyclic amines) is 1. The van der Waals surface area contributed by atoms with Crippen molar-refractivity contribution in [3.05, 3.63) is 65.5 Å². The Labute approximate surface area is 177 Å². The number of rotatable bonds is 8. The van der Waals surface area contributed by atoms with Crippen molar-refractivity contribution in [3.8, 4) is 0 Å². The van der Waals surface area contributed by atoms with Crippen molar-refractivity contribution in [1.82, 2.24) is 10.2 Å². The Morgan fingerprint density at radius 2 is 1.70 bits per heavy atom. The average molecular weight is 434 g/mol. The minimum absolute atomic E-state index is 0.246. The van der Waals surface area contributed by atoms with Gasteiger partial charge in [0.25, 0.3) is 0 Å². The highest BCUT2D eigenvalue weighted by atomic mass is 32.2. The number of carbonyl (C=O) groups excluding carboxylic acids is 1. The van der Waals surface area contributed by atoms with Crippen molar-refractivity contribution >= 4 is 21.6 Å². The van der Waals surface area contributed by atoms with E-state index in [4.69, 9.17) is 0 Å². The molecule has 3 rings (SSSR count). The maximum absolute atomic E-state index is 13.2. The van der Waals surface area contributed by atoms with Crippen molar-refractivity contribution in [2.45, 2.75) is 38.9 Å². The summed E-state index contributed by atoms with van der Waals surface area (Å²) in [5.74, 6) is -0.889. The smallest absolute Gasteiger partial charge is 0.243 e. The van der Waals surface area contributed by atoms with Gasteiger partial charge in [0.05, 0.1) is 11.9 Å². The fraction of sp³-hybridized carbons (Fsp3) is 0.409. The van der Waals surface area contributed by atoms with Crippen LogP contribution in [0.3, 0.4) is 0 Å². The fourth-order valence-corrected chi connectivity index (χ4v) is 4.97. The van der Waals surface area contributed by atoms with Gasteiger partial charge in [-0.05, 0) is 68.2 Å². The van der Waals surface area contributed by atoms with Gasteiger partial charge >= 0.3 is 0 Å². The van der Waals surface area contributed by atoms with Crippen LogP contribution in [0.2, 0.25) is 0 Å². The predicted molar refractivity (Wildman–Crippen MR) is 116 cm³/mol. The lowest BCUT2D eigenvalue weighted by molar-refractivity contribution is -0.122. The third-order valence-corrected chi connectivity index (χ3v) is 6.58. The number of carbonyl (C=O) groups is 1. The SMILES string of the molecule is CC(C(=O)NCc1ccccc1CN1CCCC1)N(c1ccc(F)cc1)S(C)(=O)=O. The predicted octanol–water partition coefficient (Wildman–Crippen LogP) is 2.89. The maximum Gasteiger partial charge on any atom is 0.243 e. The molecule has 8 heteroatoms. The number of halogens is 1. The molecule has 1 amide bonds. The number of amides is 1. The van der Waals surface area contributed by atoms with Crippen LogP contribution in [-0.2, 0) is 27.9 Å². The first kappa shape index (κ1) is 22.2. The molecule has 0 bridgehead atoms. The zero-order chi connectivity index (χ0) is 21.7. The molecule has 1 heterocycles. The molecule has 30 heavy (non-hydrogen) atoms. The Morgan fingerprint density at radius 1 is 1.10 bits per heavy atom. The van der Waals surface area contributed by atoms with Crippen LogP contribution in [-0.4, -0.2) is 44.6 Å². The lowest BCUT2D eigenvalue weighted by atomic mass is 10.1. The largest absolute Gasteiger partial charge is 0.350 e. The highest BCUT2D eigenvalue weighted by Crippen LogP contribution is 2.21. The molecule has 1 aliphatic heterocycles. The zero-order valence-electron chi connectivity index (χ0n) is 17.3. The Morgan fingerprint density at radius 3 is 2.30 bits per heavy atom. The van der Waals surface area contributed by atoms with Gasteiger partial charge < -0.3 is 5.32 Å². The van der Waals surface area contributed by atoms with E-state index in [-0.39, 0.29) is 5.69 Å². The summed E-state index contributed by atoms with van der Waals surface area (Å²) >= 11 is 0. The topological polar surface area (TPSA) is 69.7 Å². The second kappa shape index (κ2) is 9.57. The lowest BCUT2D eigenvalue weighted by Crippen LogP contribution is -2.47. The third-order valence-electron chi connectivity index (χ3n) is 5.33. The Bertz CT molecular complexity index is 973. The fourth-order valence-electron chi connectivity index (χ4n) is 3.79. The van der Waals surface area contributed by atoms with Crippen LogP contribution in [0, 0.1) is 5.82 Å². The minimum Gasteiger partial charge on any atom is -0.350 e. The van der Waals surface area contributed by atoms with Crippen LogP contribution in [0.25, 0.3) is 0 Å². The van der Waals surface area contributed by atoms with Crippen molar-refractivity contribution < 1.29 is 17.6 Å². The molecule has 0 radical (unpaired) electrons. The molecule has 1 fully saturated rings. The summed E-state index contributed by atoms with van der Waals surface area (Å²) < 4.78 is 38.9. The first-order chi connectivity index (χ1) is 14.3. The highest BCUT2D eigenvalue weighted by molar-refractivity contribution is 7.92. The summed E-state index contributed by atoms with van der Waals surface area (Å²) in [6.07, 6.45) is 3.45. The van der Waals surface area contributed by atoms with E-state index >= 15 is 0 Å². The van der Waals surface area contributed by atoms with Gasteiger partial charge in [0.2, 0.25) is 15.9 Å². The highest BCUT2D eigenvalue weighted by Gasteiger charge is 2.29. The molecule has 0 saturated carbocycles. The van der Waals surface area contributed by atoms with E-state index in [1.165, 1.54) is 44.0 Å². The summed E-state index contributed by atoms with van der Waals surface area (Å²) in [6.45, 7) is 4.84. The number of hydrogen-bond donors (Lipinski definition) is 1. The number of sulfonamides is 1. The third kappa shape index (κ3) is 5.58. The Kier molecular flexibility index (Phi) is 7.10. The Balaban J connectivity index is 1.71. The molecule has 0 aliphatic carbocycles. The van der Waals surface area contributed by atoms with Gasteiger partial charge in [-0.1, -0.05) is 24.3 Å². The molecule has 1 saturated heterocycles. The van der Waals surface area contributed by atoms with E-state index in [2.05, 4.69) is 16.3 Å². The van der Waals surface area contributed by atoms with Gasteiger partial charge in [0.15, 0.2) is 0 Å². The van der Waals surface area contributed by atoms with Gasteiger partial charge in [0.1, 0.15) is 11.9 Å². The van der Waals surface area contributed by atoms with Crippen LogP contribution in [0.5, 0.6) is 0 Å². The maximum atomic E-state index is 13.2. The van der Waals surface area contributed by atoms with Crippen molar-refractivity contribution in [2.75, 3.05) is 23.7 Å². The monoisotopic (exact) mass is 433 g/mol. The molecule has 1 N–H and O–H groups in total. The second-order valence-corrected chi connectivity index (χ2v) is 9.54. The Hall–Kier alpha value is -2.45. The molecular weight excluding hydrogens is 405 g/mol. The first-order valence-corrected chi connectivity index (χ1v) is 11.9. The first-order valence-electron chi connectivity index (χ1n) is 10.1. The number of benzene rings is 2. The van der Waals surface area contributed by atoms with E-state index in [0.29, 0.717) is 6.54 Å². The molecule has 1 atom stereocenters. The van der Waals surface area contributed by atoms with E-state index in [0.717, 1.165) is 41.3 Å². The molecule has 1 aliphatic rings. The number of hydrogen-bond acceptors (Lipinski definition) is 4. The van der Waals surface area contributed by atoms with Crippen LogP contribution in [0.1, 0.15) is 30.9 Å². The van der Waals surface area contributed by atoms with Gasteiger partial charge in [-0.3, -0.25) is 14.0 Å². The van der Waals surface area contributed by atoms with Gasteiger partial charge in [-0.15, -0.1) is 0 Å². The van der Waals surface area contributed by atoms with Crippen molar-refractivity contribution in [3.63, 3.8) is 0 Å². The van der Waals surface area contributed by atoms with Crippen LogP contribution >= 0.6 is 0 Å². The standard InChI is InChI=1S/C22H28FN3O3S/c1-17(26(30(2,28)29)21-11-9-20(23)10-12-21)22(27)24-15-18-7-3-4-8-19(18)16-25-13-5-6-14-25/h3-4,7-12,17H,5-6,13-16H2,1-2H3,(H,24,27). The van der Waals surface area contributed by atoms with E-state index in [1.807, 2.05) is 18.2 Å². The van der Waals surface area contributed by atoms with E-state index in [1.54, 1.807) is 0 Å². The normalized spacial score (nSPS) is 15.7. The minimum atomic E-state index is -3.74. The molecule has 1 unspecified atom stereocenters. The summed E-state index contributed by atoms with van der Waals surface area (Å²) in [6, 6.07) is 12.0. The van der Waals surface area contributed by atoms with Gasteiger partial charge in [0, 0.05) is 13.1 Å². The zero-order valence-corrected chi connectivity index (χ0v) is 18.2. The number of nitrogens with one attached hydrogen (secondary N) is 1. The second-order valence-electron chi connectivity index (χ2n) is 7.68. The molecule has 2 aromatic rings. The molecule has 2 aromatic carbocycles. The van der Waals surface area contributed by atoms with Crippen LogP contribution in [0.4, 0.5) is 10.1 Å². The summed E-state index contributed by atoms with van der Waals surface area (Å²) in [5.41, 5.74) is 2.42. The number of nitrogens with zero attached hydrogens (tertiary/aromatic N) is 2. The van der Waals surface area contributed by atoms with E-state index in [9.17, 15) is 17.6 Å². The molecule has 162 valence electrons. The summed E-state index contributed by atoms with van der Waals surface area (Å²) in [5, 5.41) is 2.86. The quantitative estimate of drug-likeness (QED) is 0.695. The molecule has 0 spiro atoms.